The molecule has 9 nitrogen and oxygen atoms in total. The van der Waals surface area contributed by atoms with E-state index < -0.39 is 41.2 Å². The first kappa shape index (κ1) is 27.4. The number of amidine groups is 1. The van der Waals surface area contributed by atoms with Crippen molar-refractivity contribution in [1.29, 1.82) is 0 Å². The van der Waals surface area contributed by atoms with Gasteiger partial charge in [0.05, 0.1) is 19.5 Å². The number of carbonyl (C=O) groups excluding carboxylic acids is 3. The van der Waals surface area contributed by atoms with Crippen LogP contribution in [0.2, 0.25) is 0 Å². The quantitative estimate of drug-likeness (QED) is 0.282. The Labute approximate surface area is 177 Å². The van der Waals surface area contributed by atoms with Crippen LogP contribution in [0.5, 0.6) is 0 Å². The van der Waals surface area contributed by atoms with Crippen molar-refractivity contribution in [2.24, 2.45) is 10.7 Å². The third-order valence-corrected chi connectivity index (χ3v) is 3.25. The molecule has 2 amide bonds. The fourth-order valence-corrected chi connectivity index (χ4v) is 2.10. The summed E-state index contributed by atoms with van der Waals surface area (Å²) in [6.45, 7) is 11.0. The number of amides is 2. The third-order valence-electron chi connectivity index (χ3n) is 3.25. The molecular formula is C20H34FN3O6. The largest absolute Gasteiger partial charge is 0.467 e. The van der Waals surface area contributed by atoms with Gasteiger partial charge in [0.1, 0.15) is 23.1 Å². The molecule has 0 rings (SSSR count). The van der Waals surface area contributed by atoms with Crippen LogP contribution < -0.4 is 5.73 Å². The summed E-state index contributed by atoms with van der Waals surface area (Å²) in [5.74, 6) is -1.20. The van der Waals surface area contributed by atoms with E-state index in [1.54, 1.807) is 41.5 Å². The highest BCUT2D eigenvalue weighted by molar-refractivity contribution is 5.94. The van der Waals surface area contributed by atoms with Gasteiger partial charge in [-0.25, -0.2) is 18.8 Å². The molecule has 0 unspecified atom stereocenters. The molecule has 0 heterocycles. The summed E-state index contributed by atoms with van der Waals surface area (Å²) in [5, 5.41) is 0. The number of carbonyl (C=O) groups is 3. The Kier molecular flexibility index (Phi) is 10.5. The monoisotopic (exact) mass is 431 g/mol. The minimum absolute atomic E-state index is 0.0207. The SMILES string of the molecule is COC(=O)[C@H](CC/C=C(/F)CN=C(C)N)N(C(=O)OC(C)(C)C)C(=O)OC(C)(C)C. The highest BCUT2D eigenvalue weighted by atomic mass is 19.1. The van der Waals surface area contributed by atoms with Gasteiger partial charge < -0.3 is 19.9 Å². The summed E-state index contributed by atoms with van der Waals surface area (Å²) >= 11 is 0. The molecule has 0 spiro atoms. The second kappa shape index (κ2) is 11.5. The minimum Gasteiger partial charge on any atom is -0.467 e. The number of hydrogen-bond donors (Lipinski definition) is 1. The maximum absolute atomic E-state index is 13.8. The number of allylic oxidation sites excluding steroid dienone is 1. The number of rotatable bonds is 7. The Hall–Kier alpha value is -2.65. The lowest BCUT2D eigenvalue weighted by atomic mass is 10.1. The molecule has 0 aliphatic heterocycles. The third kappa shape index (κ3) is 11.4. The predicted octanol–water partition coefficient (Wildman–Crippen LogP) is 3.71. The molecule has 30 heavy (non-hydrogen) atoms. The summed E-state index contributed by atoms with van der Waals surface area (Å²) in [4.78, 5) is 42.1. The molecule has 0 fully saturated rings. The van der Waals surface area contributed by atoms with Crippen LogP contribution in [0.3, 0.4) is 0 Å². The summed E-state index contributed by atoms with van der Waals surface area (Å²) in [7, 11) is 1.12. The van der Waals surface area contributed by atoms with Crippen molar-refractivity contribution in [2.75, 3.05) is 13.7 Å². The number of nitrogens with zero attached hydrogens (tertiary/aromatic N) is 2. The van der Waals surface area contributed by atoms with Crippen molar-refractivity contribution in [1.82, 2.24) is 4.90 Å². The van der Waals surface area contributed by atoms with E-state index in [1.807, 2.05) is 0 Å². The Morgan fingerprint density at radius 1 is 1.07 bits per heavy atom. The van der Waals surface area contributed by atoms with Crippen molar-refractivity contribution in [3.63, 3.8) is 0 Å². The highest BCUT2D eigenvalue weighted by Gasteiger charge is 2.40. The van der Waals surface area contributed by atoms with Crippen LogP contribution >= 0.6 is 0 Å². The van der Waals surface area contributed by atoms with E-state index in [9.17, 15) is 18.8 Å². The number of imide groups is 1. The summed E-state index contributed by atoms with van der Waals surface area (Å²) in [5.41, 5.74) is 3.51. The lowest BCUT2D eigenvalue weighted by molar-refractivity contribution is -0.146. The number of esters is 1. The summed E-state index contributed by atoms with van der Waals surface area (Å²) < 4.78 is 29.1. The molecule has 0 bridgehead atoms. The highest BCUT2D eigenvalue weighted by Crippen LogP contribution is 2.20. The Bertz CT molecular complexity index is 645. The van der Waals surface area contributed by atoms with Crippen LogP contribution in [0.1, 0.15) is 61.3 Å². The Morgan fingerprint density at radius 2 is 1.53 bits per heavy atom. The van der Waals surface area contributed by atoms with E-state index in [4.69, 9.17) is 19.9 Å². The molecule has 10 heteroatoms. The predicted molar refractivity (Wildman–Crippen MR) is 111 cm³/mol. The molecule has 172 valence electrons. The van der Waals surface area contributed by atoms with Crippen LogP contribution in [-0.4, -0.2) is 59.8 Å². The number of halogens is 1. The van der Waals surface area contributed by atoms with Crippen LogP contribution in [0.4, 0.5) is 14.0 Å². The first-order valence-electron chi connectivity index (χ1n) is 9.51. The molecule has 0 aromatic rings. The Balaban J connectivity index is 5.75. The molecule has 1 atom stereocenters. The standard InChI is InChI=1S/C20H34FN3O6/c1-13(22)23-12-14(21)10-9-11-15(16(25)28-8)24(17(26)29-19(2,3)4)18(27)30-20(5,6)7/h10,15H,9,11-12H2,1-8H3,(H2,22,23)/b14-10+/t15-/m0/s1. The Morgan fingerprint density at radius 3 is 1.90 bits per heavy atom. The second-order valence-electron chi connectivity index (χ2n) is 8.56. The van der Waals surface area contributed by atoms with Gasteiger partial charge in [-0.2, -0.15) is 4.90 Å². The summed E-state index contributed by atoms with van der Waals surface area (Å²) in [6, 6.07) is -1.37. The van der Waals surface area contributed by atoms with E-state index in [0.29, 0.717) is 4.90 Å². The fourth-order valence-electron chi connectivity index (χ4n) is 2.10. The average molecular weight is 432 g/mol. The van der Waals surface area contributed by atoms with E-state index in [2.05, 4.69) is 4.99 Å². The fraction of sp³-hybridized carbons (Fsp3) is 0.700. The van der Waals surface area contributed by atoms with Crippen molar-refractivity contribution in [3.8, 4) is 0 Å². The molecule has 0 saturated carbocycles. The maximum atomic E-state index is 13.8. The topological polar surface area (TPSA) is 121 Å². The number of aliphatic imine (C=N–C) groups is 1. The molecule has 0 aliphatic carbocycles. The lowest BCUT2D eigenvalue weighted by Crippen LogP contribution is -2.52. The van der Waals surface area contributed by atoms with Gasteiger partial charge in [0, 0.05) is 0 Å². The van der Waals surface area contributed by atoms with Gasteiger partial charge in [0.25, 0.3) is 0 Å². The average Bonchev–Trinajstić information content (AvgIpc) is 2.54. The smallest absolute Gasteiger partial charge is 0.420 e. The number of nitrogens with two attached hydrogens (primary N) is 1. The number of hydrogen-bond acceptors (Lipinski definition) is 7. The van der Waals surface area contributed by atoms with Gasteiger partial charge in [-0.15, -0.1) is 0 Å². The molecule has 0 aliphatic rings. The minimum atomic E-state index is -1.37. The normalized spacial score (nSPS) is 14.0. The molecule has 0 aromatic heterocycles. The molecule has 0 saturated heterocycles. The van der Waals surface area contributed by atoms with Gasteiger partial charge in [0.2, 0.25) is 0 Å². The van der Waals surface area contributed by atoms with E-state index in [0.717, 1.165) is 7.11 Å². The van der Waals surface area contributed by atoms with Gasteiger partial charge in [-0.3, -0.25) is 4.99 Å². The molecular weight excluding hydrogens is 397 g/mol. The van der Waals surface area contributed by atoms with Gasteiger partial charge in [-0.05, 0) is 61.3 Å². The van der Waals surface area contributed by atoms with Crippen LogP contribution in [0, 0.1) is 0 Å². The van der Waals surface area contributed by atoms with E-state index in [-0.39, 0.29) is 25.2 Å². The molecule has 0 aromatic carbocycles. The maximum Gasteiger partial charge on any atom is 0.420 e. The zero-order chi connectivity index (χ0) is 23.7. The zero-order valence-corrected chi connectivity index (χ0v) is 19.1. The lowest BCUT2D eigenvalue weighted by Gasteiger charge is -2.32. The zero-order valence-electron chi connectivity index (χ0n) is 19.1. The molecule has 2 N–H and O–H groups in total. The van der Waals surface area contributed by atoms with Crippen molar-refractivity contribution >= 4 is 24.0 Å². The molecule has 0 radical (unpaired) electrons. The van der Waals surface area contributed by atoms with Crippen LogP contribution in [0.15, 0.2) is 16.9 Å². The first-order chi connectivity index (χ1) is 13.6. The number of ether oxygens (including phenoxy) is 3. The number of methoxy groups -OCH3 is 1. The van der Waals surface area contributed by atoms with Gasteiger partial charge in [-0.1, -0.05) is 6.08 Å². The first-order valence-corrected chi connectivity index (χ1v) is 9.51. The van der Waals surface area contributed by atoms with E-state index in [1.165, 1.54) is 13.0 Å². The van der Waals surface area contributed by atoms with Gasteiger partial charge in [0.15, 0.2) is 0 Å². The second-order valence-corrected chi connectivity index (χ2v) is 8.56. The van der Waals surface area contributed by atoms with Crippen molar-refractivity contribution in [2.45, 2.75) is 78.6 Å². The summed E-state index contributed by atoms with van der Waals surface area (Å²) in [6.07, 6.45) is -1.03. The van der Waals surface area contributed by atoms with Crippen LogP contribution in [-0.2, 0) is 19.0 Å². The van der Waals surface area contributed by atoms with Crippen molar-refractivity contribution in [3.05, 3.63) is 11.9 Å². The van der Waals surface area contributed by atoms with Crippen LogP contribution in [0.25, 0.3) is 0 Å². The van der Waals surface area contributed by atoms with E-state index >= 15 is 0 Å². The van der Waals surface area contributed by atoms with Crippen molar-refractivity contribution < 1.29 is 33.0 Å². The van der Waals surface area contributed by atoms with Gasteiger partial charge >= 0.3 is 18.2 Å².